The molecule has 41 heavy (non-hydrogen) atoms. The molecule has 0 spiro atoms. The minimum Gasteiger partial charge on any atom is -0.369 e. The van der Waals surface area contributed by atoms with Crippen molar-refractivity contribution < 1.29 is 14.0 Å². The summed E-state index contributed by atoms with van der Waals surface area (Å²) in [5, 5.41) is 12.9. The molecule has 1 aromatic heterocycles. The van der Waals surface area contributed by atoms with E-state index in [0.717, 1.165) is 53.3 Å². The molecule has 1 amide bonds. The van der Waals surface area contributed by atoms with Crippen molar-refractivity contribution in [1.82, 2.24) is 15.3 Å². The number of aryl methyl sites for hydroxylation is 1. The molecule has 0 saturated heterocycles. The maximum atomic E-state index is 13.8. The summed E-state index contributed by atoms with van der Waals surface area (Å²) in [6.07, 6.45) is 4.17. The number of hydrogen-bond donors (Lipinski definition) is 4. The van der Waals surface area contributed by atoms with Crippen LogP contribution in [0.3, 0.4) is 0 Å². The van der Waals surface area contributed by atoms with Crippen LogP contribution in [0.15, 0.2) is 79.0 Å². The van der Waals surface area contributed by atoms with Gasteiger partial charge in [-0.3, -0.25) is 4.79 Å². The van der Waals surface area contributed by atoms with Gasteiger partial charge in [-0.1, -0.05) is 36.4 Å². The fraction of sp³-hybridized carbons (Fsp3) is 0.250. The average molecular weight is 555 g/mol. The molecular formula is C32H35FN6O2. The molecule has 1 saturated carbocycles. The van der Waals surface area contributed by atoms with Crippen molar-refractivity contribution in [3.63, 3.8) is 0 Å². The highest BCUT2D eigenvalue weighted by Crippen LogP contribution is 2.49. The second-order valence-electron chi connectivity index (χ2n) is 9.96. The monoisotopic (exact) mass is 554 g/mol. The largest absolute Gasteiger partial charge is 0.369 e. The van der Waals surface area contributed by atoms with Gasteiger partial charge in [-0.25, -0.2) is 9.37 Å². The molecule has 0 unspecified atom stereocenters. The van der Waals surface area contributed by atoms with E-state index in [4.69, 9.17) is 9.78 Å². The van der Waals surface area contributed by atoms with Crippen LogP contribution in [0.2, 0.25) is 0 Å². The summed E-state index contributed by atoms with van der Waals surface area (Å²) in [4.78, 5) is 30.5. The summed E-state index contributed by atoms with van der Waals surface area (Å²) in [5.41, 5.74) is 4.63. The standard InChI is InChI=1S/C31H33FN6O.CH2O/c1-21-6-3-9-26(18-21)37-30-35-20-27(28(38-30)34-17-5-16-33-2)22-10-12-25(13-11-22)36-29(39)31(14-15-31)23-7-4-8-24(32)19-23;1-2/h3-4,6-13,18-20,33H,5,14-17H2,1-2H3,(H,36,39)(H2,34,35,37,38);1H2. The zero-order chi connectivity index (χ0) is 29.2. The van der Waals surface area contributed by atoms with Crippen LogP contribution in [-0.4, -0.2) is 42.8 Å². The van der Waals surface area contributed by atoms with Gasteiger partial charge in [0.1, 0.15) is 18.4 Å². The molecule has 8 nitrogen and oxygen atoms in total. The summed E-state index contributed by atoms with van der Waals surface area (Å²) >= 11 is 0. The van der Waals surface area contributed by atoms with Gasteiger partial charge in [0.15, 0.2) is 0 Å². The summed E-state index contributed by atoms with van der Waals surface area (Å²) < 4.78 is 13.8. The Morgan fingerprint density at radius 3 is 2.41 bits per heavy atom. The quantitative estimate of drug-likeness (QED) is 0.173. The first-order valence-corrected chi connectivity index (χ1v) is 13.5. The number of benzene rings is 3. The van der Waals surface area contributed by atoms with Crippen LogP contribution in [0.5, 0.6) is 0 Å². The van der Waals surface area contributed by atoms with Crippen molar-refractivity contribution in [1.29, 1.82) is 0 Å². The summed E-state index contributed by atoms with van der Waals surface area (Å²) in [7, 11) is 1.93. The van der Waals surface area contributed by atoms with Gasteiger partial charge >= 0.3 is 0 Å². The molecule has 0 aliphatic heterocycles. The van der Waals surface area contributed by atoms with Crippen LogP contribution in [0.1, 0.15) is 30.4 Å². The van der Waals surface area contributed by atoms with E-state index in [1.807, 2.05) is 81.6 Å². The van der Waals surface area contributed by atoms with Crippen molar-refractivity contribution >= 4 is 35.8 Å². The first-order chi connectivity index (χ1) is 20.0. The Hall–Kier alpha value is -4.63. The highest BCUT2D eigenvalue weighted by atomic mass is 19.1. The van der Waals surface area contributed by atoms with Crippen molar-refractivity contribution in [2.45, 2.75) is 31.6 Å². The number of nitrogens with zero attached hydrogens (tertiary/aromatic N) is 2. The zero-order valence-electron chi connectivity index (χ0n) is 23.3. The number of carbonyl (C=O) groups excluding carboxylic acids is 2. The van der Waals surface area contributed by atoms with Gasteiger partial charge in [0, 0.05) is 29.7 Å². The third-order valence-corrected chi connectivity index (χ3v) is 6.97. The minimum atomic E-state index is -0.654. The number of hydrogen-bond acceptors (Lipinski definition) is 7. The average Bonchev–Trinajstić information content (AvgIpc) is 3.80. The van der Waals surface area contributed by atoms with Crippen LogP contribution >= 0.6 is 0 Å². The molecule has 1 fully saturated rings. The predicted octanol–water partition coefficient (Wildman–Crippen LogP) is 5.84. The van der Waals surface area contributed by atoms with Gasteiger partial charge in [0.05, 0.1) is 5.41 Å². The second-order valence-corrected chi connectivity index (χ2v) is 9.96. The highest BCUT2D eigenvalue weighted by molar-refractivity contribution is 6.01. The zero-order valence-corrected chi connectivity index (χ0v) is 23.3. The number of amides is 1. The van der Waals surface area contributed by atoms with Crippen molar-refractivity contribution in [3.05, 3.63) is 95.9 Å². The van der Waals surface area contributed by atoms with E-state index < -0.39 is 5.41 Å². The first kappa shape index (κ1) is 29.4. The van der Waals surface area contributed by atoms with E-state index in [-0.39, 0.29) is 11.7 Å². The van der Waals surface area contributed by atoms with Crippen LogP contribution in [-0.2, 0) is 15.0 Å². The Labute approximate surface area is 239 Å². The second kappa shape index (κ2) is 13.6. The number of anilines is 4. The Bertz CT molecular complexity index is 1470. The minimum absolute atomic E-state index is 0.109. The summed E-state index contributed by atoms with van der Waals surface area (Å²) in [6, 6.07) is 22.0. The number of rotatable bonds is 11. The van der Waals surface area contributed by atoms with Crippen LogP contribution in [0.25, 0.3) is 11.1 Å². The van der Waals surface area contributed by atoms with Crippen molar-refractivity contribution in [2.24, 2.45) is 0 Å². The Morgan fingerprint density at radius 1 is 0.976 bits per heavy atom. The number of nitrogens with one attached hydrogen (secondary N) is 4. The SMILES string of the molecule is C=O.CNCCCNc1nc(Nc2cccc(C)c2)ncc1-c1ccc(NC(=O)C2(c3cccc(F)c3)CC2)cc1. The topological polar surface area (TPSA) is 108 Å². The molecule has 0 atom stereocenters. The number of aromatic nitrogens is 2. The molecule has 1 heterocycles. The lowest BCUT2D eigenvalue weighted by Crippen LogP contribution is -2.27. The predicted molar refractivity (Wildman–Crippen MR) is 162 cm³/mol. The molecule has 0 radical (unpaired) electrons. The lowest BCUT2D eigenvalue weighted by atomic mass is 9.94. The van der Waals surface area contributed by atoms with Gasteiger partial charge in [-0.05, 0) is 92.9 Å². The fourth-order valence-corrected chi connectivity index (χ4v) is 4.65. The smallest absolute Gasteiger partial charge is 0.235 e. The van der Waals surface area contributed by atoms with Crippen LogP contribution in [0, 0.1) is 12.7 Å². The Kier molecular flexibility index (Phi) is 9.76. The van der Waals surface area contributed by atoms with E-state index in [9.17, 15) is 9.18 Å². The van der Waals surface area contributed by atoms with Crippen molar-refractivity contribution in [2.75, 3.05) is 36.1 Å². The number of halogens is 1. The lowest BCUT2D eigenvalue weighted by molar-refractivity contribution is -0.118. The fourth-order valence-electron chi connectivity index (χ4n) is 4.65. The Morgan fingerprint density at radius 2 is 1.73 bits per heavy atom. The molecule has 5 rings (SSSR count). The van der Waals surface area contributed by atoms with Crippen LogP contribution in [0.4, 0.5) is 27.5 Å². The maximum Gasteiger partial charge on any atom is 0.235 e. The highest BCUT2D eigenvalue weighted by Gasteiger charge is 2.51. The molecule has 1 aliphatic rings. The van der Waals surface area contributed by atoms with Crippen molar-refractivity contribution in [3.8, 4) is 11.1 Å². The lowest BCUT2D eigenvalue weighted by Gasteiger charge is -2.17. The summed E-state index contributed by atoms with van der Waals surface area (Å²) in [5.74, 6) is 0.809. The molecule has 3 aromatic carbocycles. The molecule has 212 valence electrons. The van der Waals surface area contributed by atoms with Gasteiger partial charge in [0.25, 0.3) is 0 Å². The van der Waals surface area contributed by atoms with Crippen LogP contribution < -0.4 is 21.3 Å². The van der Waals surface area contributed by atoms with E-state index in [1.165, 1.54) is 12.1 Å². The molecular weight excluding hydrogens is 519 g/mol. The van der Waals surface area contributed by atoms with E-state index in [1.54, 1.807) is 6.07 Å². The third-order valence-electron chi connectivity index (χ3n) is 6.97. The Balaban J connectivity index is 0.00000189. The molecule has 1 aliphatic carbocycles. The normalized spacial score (nSPS) is 13.0. The molecule has 4 aromatic rings. The summed E-state index contributed by atoms with van der Waals surface area (Å²) in [6.45, 7) is 5.69. The van der Waals surface area contributed by atoms with Gasteiger partial charge < -0.3 is 26.1 Å². The third kappa shape index (κ3) is 7.32. The van der Waals surface area contributed by atoms with E-state index in [0.29, 0.717) is 24.5 Å². The van der Waals surface area contributed by atoms with Gasteiger partial charge in [0.2, 0.25) is 11.9 Å². The van der Waals surface area contributed by atoms with E-state index in [2.05, 4.69) is 26.3 Å². The molecule has 0 bridgehead atoms. The first-order valence-electron chi connectivity index (χ1n) is 13.5. The molecule has 4 N–H and O–H groups in total. The number of carbonyl (C=O) groups is 2. The van der Waals surface area contributed by atoms with Gasteiger partial charge in [-0.15, -0.1) is 0 Å². The molecule has 9 heteroatoms. The van der Waals surface area contributed by atoms with Gasteiger partial charge in [-0.2, -0.15) is 4.98 Å². The maximum absolute atomic E-state index is 13.8. The van der Waals surface area contributed by atoms with E-state index >= 15 is 0 Å².